The Morgan fingerprint density at radius 3 is 2.00 bits per heavy atom. The summed E-state index contributed by atoms with van der Waals surface area (Å²) in [7, 11) is 0. The van der Waals surface area contributed by atoms with Gasteiger partial charge in [0.15, 0.2) is 0 Å². The topological polar surface area (TPSA) is 29.1 Å². The number of hydrogen-bond acceptors (Lipinski definition) is 1. The monoisotopic (exact) mass is 273 g/mol. The van der Waals surface area contributed by atoms with Crippen molar-refractivity contribution in [2.24, 2.45) is 0 Å². The van der Waals surface area contributed by atoms with E-state index in [1.54, 1.807) is 5.32 Å². The summed E-state index contributed by atoms with van der Waals surface area (Å²) in [6.07, 6.45) is -5.54. The molecule has 1 rings (SSSR count). The largest absolute Gasteiger partial charge is 0.446 e. The van der Waals surface area contributed by atoms with Gasteiger partial charge in [-0.25, -0.2) is 8.78 Å². The highest BCUT2D eigenvalue weighted by Gasteiger charge is 2.61. The van der Waals surface area contributed by atoms with Crippen LogP contribution in [0, 0.1) is 5.82 Å². The maximum Gasteiger partial charge on any atom is 0.446 e. The third-order valence-corrected chi connectivity index (χ3v) is 2.13. The van der Waals surface area contributed by atoms with E-state index in [1.807, 2.05) is 0 Å². The van der Waals surface area contributed by atoms with Crippen LogP contribution in [0.5, 0.6) is 0 Å². The van der Waals surface area contributed by atoms with Crippen molar-refractivity contribution < 1.29 is 26.7 Å². The Bertz CT molecular complexity index is 414. The van der Waals surface area contributed by atoms with Crippen LogP contribution in [0.2, 0.25) is 0 Å². The summed E-state index contributed by atoms with van der Waals surface area (Å²) in [4.78, 5) is 10.9. The average molecular weight is 274 g/mol. The summed E-state index contributed by atoms with van der Waals surface area (Å²) in [5.41, 5.74) is -0.205. The molecule has 0 aliphatic rings. The number of benzene rings is 1. The van der Waals surface area contributed by atoms with Gasteiger partial charge < -0.3 is 5.32 Å². The predicted octanol–water partition coefficient (Wildman–Crippen LogP) is 3.23. The molecule has 94 valence electrons. The quantitative estimate of drug-likeness (QED) is 0.650. The van der Waals surface area contributed by atoms with Crippen LogP contribution in [0.25, 0.3) is 0 Å². The molecule has 0 heterocycles. The standard InChI is InChI=1S/C9H5ClF5NO/c10-8(12,9(13,14)15)7(17)16-6-3-1-5(11)2-4-6/h1-4H,(H,16,17). The molecule has 2 nitrogen and oxygen atoms in total. The summed E-state index contributed by atoms with van der Waals surface area (Å²) in [5, 5.41) is -2.94. The van der Waals surface area contributed by atoms with E-state index >= 15 is 0 Å². The number of nitrogens with one attached hydrogen (secondary N) is 1. The lowest BCUT2D eigenvalue weighted by Gasteiger charge is -2.20. The van der Waals surface area contributed by atoms with Crippen LogP contribution in [0.15, 0.2) is 24.3 Å². The van der Waals surface area contributed by atoms with Crippen molar-refractivity contribution in [2.45, 2.75) is 11.3 Å². The first-order chi connectivity index (χ1) is 7.64. The van der Waals surface area contributed by atoms with E-state index in [0.717, 1.165) is 24.3 Å². The normalized spacial score (nSPS) is 15.2. The third-order valence-electron chi connectivity index (χ3n) is 1.74. The minimum atomic E-state index is -5.54. The molecule has 0 saturated heterocycles. The Hall–Kier alpha value is -1.37. The zero-order chi connectivity index (χ0) is 13.3. The Kier molecular flexibility index (Phi) is 3.61. The van der Waals surface area contributed by atoms with Crippen LogP contribution in [0.3, 0.4) is 0 Å². The van der Waals surface area contributed by atoms with Gasteiger partial charge in [-0.1, -0.05) is 11.6 Å². The zero-order valence-corrected chi connectivity index (χ0v) is 8.74. The van der Waals surface area contributed by atoms with Gasteiger partial charge in [0.25, 0.3) is 5.91 Å². The van der Waals surface area contributed by atoms with E-state index in [1.165, 1.54) is 0 Å². The zero-order valence-electron chi connectivity index (χ0n) is 7.99. The third kappa shape index (κ3) is 3.06. The van der Waals surface area contributed by atoms with E-state index in [2.05, 4.69) is 11.6 Å². The van der Waals surface area contributed by atoms with E-state index in [0.29, 0.717) is 0 Å². The highest BCUT2D eigenvalue weighted by Crippen LogP contribution is 2.38. The molecule has 8 heteroatoms. The SMILES string of the molecule is O=C(Nc1ccc(F)cc1)C(F)(Cl)C(F)(F)F. The van der Waals surface area contributed by atoms with Crippen LogP contribution >= 0.6 is 11.6 Å². The first kappa shape index (κ1) is 13.7. The molecule has 1 atom stereocenters. The molecule has 1 unspecified atom stereocenters. The van der Waals surface area contributed by atoms with Gasteiger partial charge in [-0.05, 0) is 24.3 Å². The van der Waals surface area contributed by atoms with Crippen molar-refractivity contribution in [3.63, 3.8) is 0 Å². The van der Waals surface area contributed by atoms with Gasteiger partial charge in [-0.3, -0.25) is 4.79 Å². The molecular weight excluding hydrogens is 269 g/mol. The molecule has 17 heavy (non-hydrogen) atoms. The Labute approximate surface area is 97.4 Å². The predicted molar refractivity (Wildman–Crippen MR) is 50.8 cm³/mol. The highest BCUT2D eigenvalue weighted by molar-refractivity contribution is 6.36. The second-order valence-electron chi connectivity index (χ2n) is 3.03. The van der Waals surface area contributed by atoms with Crippen LogP contribution in [0.4, 0.5) is 27.6 Å². The Balaban J connectivity index is 2.83. The summed E-state index contributed by atoms with van der Waals surface area (Å²) >= 11 is 4.47. The van der Waals surface area contributed by atoms with Gasteiger partial charge in [-0.2, -0.15) is 13.2 Å². The van der Waals surface area contributed by atoms with Crippen molar-refractivity contribution in [1.29, 1.82) is 0 Å². The first-order valence-electron chi connectivity index (χ1n) is 4.16. The maximum atomic E-state index is 12.9. The average Bonchev–Trinajstić information content (AvgIpc) is 2.19. The highest BCUT2D eigenvalue weighted by atomic mass is 35.5. The van der Waals surface area contributed by atoms with Gasteiger partial charge in [0, 0.05) is 5.69 Å². The van der Waals surface area contributed by atoms with Gasteiger partial charge in [0.05, 0.1) is 0 Å². The van der Waals surface area contributed by atoms with Crippen LogP contribution in [-0.4, -0.2) is 17.2 Å². The van der Waals surface area contributed by atoms with Gasteiger partial charge in [0.1, 0.15) is 5.82 Å². The molecule has 0 aromatic heterocycles. The van der Waals surface area contributed by atoms with E-state index in [-0.39, 0.29) is 5.69 Å². The van der Waals surface area contributed by atoms with E-state index < -0.39 is 23.0 Å². The summed E-state index contributed by atoms with van der Waals surface area (Å²) in [5.74, 6) is -2.74. The minimum Gasteiger partial charge on any atom is -0.322 e. The molecule has 0 aliphatic heterocycles. The molecule has 1 amide bonds. The van der Waals surface area contributed by atoms with Crippen molar-refractivity contribution in [2.75, 3.05) is 5.32 Å². The molecule has 0 fully saturated rings. The molecule has 0 bridgehead atoms. The number of carbonyl (C=O) groups excluding carboxylic acids is 1. The number of rotatable bonds is 2. The van der Waals surface area contributed by atoms with Crippen molar-refractivity contribution in [1.82, 2.24) is 0 Å². The maximum absolute atomic E-state index is 12.9. The van der Waals surface area contributed by atoms with Gasteiger partial charge in [-0.15, -0.1) is 0 Å². The molecule has 0 radical (unpaired) electrons. The van der Waals surface area contributed by atoms with Crippen LogP contribution in [-0.2, 0) is 4.79 Å². The lowest BCUT2D eigenvalue weighted by atomic mass is 10.3. The summed E-state index contributed by atoms with van der Waals surface area (Å²) in [6, 6.07) is 3.71. The summed E-state index contributed by atoms with van der Waals surface area (Å²) < 4.78 is 61.4. The van der Waals surface area contributed by atoms with Gasteiger partial charge >= 0.3 is 11.3 Å². The molecule has 0 aliphatic carbocycles. The molecule has 0 saturated carbocycles. The Morgan fingerprint density at radius 1 is 1.12 bits per heavy atom. The number of alkyl halides is 5. The van der Waals surface area contributed by atoms with Crippen molar-refractivity contribution >= 4 is 23.2 Å². The fourth-order valence-corrected chi connectivity index (χ4v) is 0.919. The summed E-state index contributed by atoms with van der Waals surface area (Å²) in [6.45, 7) is 0. The number of carbonyl (C=O) groups is 1. The Morgan fingerprint density at radius 2 is 1.59 bits per heavy atom. The van der Waals surface area contributed by atoms with E-state index in [9.17, 15) is 26.7 Å². The van der Waals surface area contributed by atoms with Crippen LogP contribution < -0.4 is 5.32 Å². The van der Waals surface area contributed by atoms with Gasteiger partial charge in [0.2, 0.25) is 0 Å². The molecular formula is C9H5ClF5NO. The molecule has 1 aromatic rings. The molecule has 1 N–H and O–H groups in total. The molecule has 1 aromatic carbocycles. The second-order valence-corrected chi connectivity index (χ2v) is 3.55. The fourth-order valence-electron chi connectivity index (χ4n) is 0.872. The number of anilines is 1. The lowest BCUT2D eigenvalue weighted by molar-refractivity contribution is -0.197. The lowest BCUT2D eigenvalue weighted by Crippen LogP contribution is -2.46. The van der Waals surface area contributed by atoms with E-state index in [4.69, 9.17) is 0 Å². The van der Waals surface area contributed by atoms with Crippen molar-refractivity contribution in [3.05, 3.63) is 30.1 Å². The number of halogens is 6. The minimum absolute atomic E-state index is 0.205. The smallest absolute Gasteiger partial charge is 0.322 e. The van der Waals surface area contributed by atoms with Crippen molar-refractivity contribution in [3.8, 4) is 0 Å². The number of amides is 1. The van der Waals surface area contributed by atoms with Crippen LogP contribution in [0.1, 0.15) is 0 Å². The number of hydrogen-bond donors (Lipinski definition) is 1. The fraction of sp³-hybridized carbons (Fsp3) is 0.222. The first-order valence-corrected chi connectivity index (χ1v) is 4.54. The second kappa shape index (κ2) is 4.48. The molecule has 0 spiro atoms.